The zero-order valence-corrected chi connectivity index (χ0v) is 55.9. The second-order valence-electron chi connectivity index (χ2n) is 26.4. The SMILES string of the molecule is CCCCCCCCCCCCCCC/C=C\C/C=C\CCCCCCCCCCCCCCCCCCC(O)C(=O)NC(COC1OC(CO)C(O)C(O)C1O)C(O)C(O)CCCCCCCCCCCCCCCCCCCCCCCC. The summed E-state index contributed by atoms with van der Waals surface area (Å²) in [6, 6.07) is -1.17. The van der Waals surface area contributed by atoms with Crippen molar-refractivity contribution in [3.05, 3.63) is 24.3 Å². The minimum atomic E-state index is -1.66. The lowest BCUT2D eigenvalue weighted by Gasteiger charge is -2.40. The molecule has 1 rings (SSSR count). The molecule has 1 aliphatic rings. The van der Waals surface area contributed by atoms with Gasteiger partial charge in [-0.3, -0.25) is 4.79 Å². The first-order valence-corrected chi connectivity index (χ1v) is 37.2. The predicted molar refractivity (Wildman–Crippen MR) is 358 cm³/mol. The third-order valence-electron chi connectivity index (χ3n) is 18.3. The van der Waals surface area contributed by atoms with Gasteiger partial charge in [-0.15, -0.1) is 0 Å². The molecule has 1 aliphatic heterocycles. The first kappa shape index (κ1) is 81.6. The molecule has 85 heavy (non-hydrogen) atoms. The van der Waals surface area contributed by atoms with E-state index < -0.39 is 74.2 Å². The van der Waals surface area contributed by atoms with Crippen LogP contribution in [0.1, 0.15) is 373 Å². The summed E-state index contributed by atoms with van der Waals surface area (Å²) in [6.45, 7) is 3.52. The molecule has 11 heteroatoms. The maximum Gasteiger partial charge on any atom is 0.249 e. The Labute approximate surface area is 524 Å². The molecular formula is C74H143NO10. The van der Waals surface area contributed by atoms with Crippen molar-refractivity contribution in [1.29, 1.82) is 0 Å². The fourth-order valence-electron chi connectivity index (χ4n) is 12.3. The molecule has 504 valence electrons. The topological polar surface area (TPSA) is 189 Å². The number of nitrogens with one attached hydrogen (secondary N) is 1. The Morgan fingerprint density at radius 1 is 0.412 bits per heavy atom. The minimum Gasteiger partial charge on any atom is -0.394 e. The number of rotatable bonds is 66. The highest BCUT2D eigenvalue weighted by molar-refractivity contribution is 5.80. The number of ether oxygens (including phenoxy) is 2. The Morgan fingerprint density at radius 2 is 0.718 bits per heavy atom. The fraction of sp³-hybridized carbons (Fsp3) is 0.932. The van der Waals surface area contributed by atoms with E-state index in [1.807, 2.05) is 0 Å². The van der Waals surface area contributed by atoms with Gasteiger partial charge in [0.05, 0.1) is 25.4 Å². The first-order valence-electron chi connectivity index (χ1n) is 37.2. The van der Waals surface area contributed by atoms with Gasteiger partial charge in [0.25, 0.3) is 0 Å². The third kappa shape index (κ3) is 50.0. The van der Waals surface area contributed by atoms with Crippen LogP contribution in [0.2, 0.25) is 0 Å². The van der Waals surface area contributed by atoms with Gasteiger partial charge in [-0.1, -0.05) is 353 Å². The molecule has 9 atom stereocenters. The van der Waals surface area contributed by atoms with Gasteiger partial charge in [-0.2, -0.15) is 0 Å². The third-order valence-corrected chi connectivity index (χ3v) is 18.3. The van der Waals surface area contributed by atoms with Crippen molar-refractivity contribution in [2.45, 2.75) is 428 Å². The first-order chi connectivity index (χ1) is 41.7. The molecule has 0 saturated carbocycles. The van der Waals surface area contributed by atoms with Crippen molar-refractivity contribution in [3.63, 3.8) is 0 Å². The van der Waals surface area contributed by atoms with Crippen LogP contribution in [0.3, 0.4) is 0 Å². The Kier molecular flexibility index (Phi) is 60.3. The monoisotopic (exact) mass is 1210 g/mol. The number of hydrogen-bond donors (Lipinski definition) is 8. The molecule has 1 fully saturated rings. The summed E-state index contributed by atoms with van der Waals surface area (Å²) in [5.41, 5.74) is 0. The van der Waals surface area contributed by atoms with Gasteiger partial charge in [-0.25, -0.2) is 0 Å². The number of carbonyl (C=O) groups is 1. The fourth-order valence-corrected chi connectivity index (χ4v) is 12.3. The molecule has 1 amide bonds. The van der Waals surface area contributed by atoms with Gasteiger partial charge in [-0.05, 0) is 44.9 Å². The van der Waals surface area contributed by atoms with Crippen LogP contribution in [-0.4, -0.2) is 110 Å². The van der Waals surface area contributed by atoms with Gasteiger partial charge >= 0.3 is 0 Å². The standard InChI is InChI=1S/C74H143NO10/c1-3-5-7-9-11-13-15-17-19-21-23-25-27-28-29-30-31-32-33-34-35-36-37-38-39-40-42-44-46-48-50-52-54-56-58-60-62-67(78)73(83)75-65(64-84-74-72(82)71(81)70(80)68(63-76)85-74)69(79)66(77)61-59-57-55-53-51-49-47-45-43-41-26-24-22-20-18-16-14-12-10-8-6-4-2/h29-30,32-33,65-72,74,76-82H,3-28,31,34-64H2,1-2H3,(H,75,83)/b30-29-,33-32-. The highest BCUT2D eigenvalue weighted by atomic mass is 16.7. The maximum atomic E-state index is 13.3. The lowest BCUT2D eigenvalue weighted by molar-refractivity contribution is -0.303. The number of unbranched alkanes of at least 4 members (excludes halogenated alkanes) is 50. The van der Waals surface area contributed by atoms with Crippen LogP contribution >= 0.6 is 0 Å². The molecule has 0 aliphatic carbocycles. The van der Waals surface area contributed by atoms with Crippen LogP contribution in [0.5, 0.6) is 0 Å². The van der Waals surface area contributed by atoms with E-state index in [4.69, 9.17) is 9.47 Å². The summed E-state index contributed by atoms with van der Waals surface area (Å²) in [5.74, 6) is -0.690. The molecule has 11 nitrogen and oxygen atoms in total. The molecule has 0 radical (unpaired) electrons. The number of aliphatic hydroxyl groups is 7. The summed E-state index contributed by atoms with van der Waals surface area (Å²) in [7, 11) is 0. The minimum absolute atomic E-state index is 0.263. The smallest absolute Gasteiger partial charge is 0.249 e. The van der Waals surface area contributed by atoms with Crippen molar-refractivity contribution >= 4 is 5.91 Å². The molecule has 0 aromatic rings. The molecule has 0 aromatic carbocycles. The highest BCUT2D eigenvalue weighted by Gasteiger charge is 2.44. The molecular weight excluding hydrogens is 1060 g/mol. The van der Waals surface area contributed by atoms with Crippen LogP contribution in [-0.2, 0) is 14.3 Å². The average Bonchev–Trinajstić information content (AvgIpc) is 3.71. The molecule has 9 unspecified atom stereocenters. The zero-order valence-electron chi connectivity index (χ0n) is 55.9. The van der Waals surface area contributed by atoms with Crippen LogP contribution in [0.25, 0.3) is 0 Å². The molecule has 0 spiro atoms. The number of hydrogen-bond acceptors (Lipinski definition) is 10. The number of amides is 1. The molecule has 1 heterocycles. The Bertz CT molecular complexity index is 1430. The Balaban J connectivity index is 2.14. The summed E-state index contributed by atoms with van der Waals surface area (Å²) in [4.78, 5) is 13.3. The van der Waals surface area contributed by atoms with Gasteiger partial charge in [0.15, 0.2) is 6.29 Å². The zero-order chi connectivity index (χ0) is 61.7. The van der Waals surface area contributed by atoms with Crippen LogP contribution in [0.15, 0.2) is 24.3 Å². The van der Waals surface area contributed by atoms with E-state index in [0.29, 0.717) is 19.3 Å². The maximum absolute atomic E-state index is 13.3. The second-order valence-corrected chi connectivity index (χ2v) is 26.4. The van der Waals surface area contributed by atoms with E-state index in [-0.39, 0.29) is 6.42 Å². The predicted octanol–water partition coefficient (Wildman–Crippen LogP) is 18.4. The van der Waals surface area contributed by atoms with Crippen molar-refractivity contribution in [2.75, 3.05) is 13.2 Å². The second kappa shape index (κ2) is 62.8. The van der Waals surface area contributed by atoms with Crippen LogP contribution in [0, 0.1) is 0 Å². The molecule has 0 aromatic heterocycles. The van der Waals surface area contributed by atoms with Crippen molar-refractivity contribution < 1.29 is 50.0 Å². The van der Waals surface area contributed by atoms with E-state index >= 15 is 0 Å². The van der Waals surface area contributed by atoms with Gasteiger partial charge in [0, 0.05) is 0 Å². The quantitative estimate of drug-likeness (QED) is 0.0215. The summed E-state index contributed by atoms with van der Waals surface area (Å²) in [5, 5.41) is 76.6. The highest BCUT2D eigenvalue weighted by Crippen LogP contribution is 2.24. The normalized spacial score (nSPS) is 18.9. The van der Waals surface area contributed by atoms with Crippen molar-refractivity contribution in [1.82, 2.24) is 5.32 Å². The molecule has 8 N–H and O–H groups in total. The average molecular weight is 1210 g/mol. The van der Waals surface area contributed by atoms with E-state index in [0.717, 1.165) is 44.9 Å². The van der Waals surface area contributed by atoms with Crippen molar-refractivity contribution in [3.8, 4) is 0 Å². The van der Waals surface area contributed by atoms with E-state index in [9.17, 15) is 40.5 Å². The van der Waals surface area contributed by atoms with Crippen LogP contribution in [0.4, 0.5) is 0 Å². The van der Waals surface area contributed by atoms with Gasteiger partial charge < -0.3 is 50.5 Å². The summed E-state index contributed by atoms with van der Waals surface area (Å²) >= 11 is 0. The number of aliphatic hydroxyl groups excluding tert-OH is 7. The van der Waals surface area contributed by atoms with Gasteiger partial charge in [0.2, 0.25) is 5.91 Å². The van der Waals surface area contributed by atoms with E-state index in [2.05, 4.69) is 43.5 Å². The largest absolute Gasteiger partial charge is 0.394 e. The van der Waals surface area contributed by atoms with Crippen LogP contribution < -0.4 is 5.32 Å². The van der Waals surface area contributed by atoms with E-state index in [1.54, 1.807) is 0 Å². The summed E-state index contributed by atoms with van der Waals surface area (Å²) in [6.07, 6.45) is 68.4. The molecule has 0 bridgehead atoms. The number of carbonyl (C=O) groups excluding carboxylic acids is 1. The van der Waals surface area contributed by atoms with Gasteiger partial charge in [0.1, 0.15) is 36.6 Å². The Hall–Kier alpha value is -1.41. The van der Waals surface area contributed by atoms with E-state index in [1.165, 1.54) is 289 Å². The molecule has 1 saturated heterocycles. The summed E-state index contributed by atoms with van der Waals surface area (Å²) < 4.78 is 11.2. The Morgan fingerprint density at radius 3 is 1.05 bits per heavy atom. The lowest BCUT2D eigenvalue weighted by atomic mass is 9.98. The lowest BCUT2D eigenvalue weighted by Crippen LogP contribution is -2.60. The number of allylic oxidation sites excluding steroid dienone is 4. The van der Waals surface area contributed by atoms with Crippen molar-refractivity contribution in [2.24, 2.45) is 0 Å².